The first-order valence-electron chi connectivity index (χ1n) is 24.5. The molecule has 0 N–H and O–H groups in total. The second kappa shape index (κ2) is 19.7. The molecular weight excluding hydrogens is 917 g/mol. The van der Waals surface area contributed by atoms with E-state index in [1.165, 1.54) is 0 Å². The molecule has 0 amide bonds. The van der Waals surface area contributed by atoms with E-state index in [4.69, 9.17) is 9.97 Å². The second-order valence-corrected chi connectivity index (χ2v) is 17.9. The largest absolute Gasteiger partial charge is 0.310 e. The van der Waals surface area contributed by atoms with Gasteiger partial charge in [0, 0.05) is 67.3 Å². The van der Waals surface area contributed by atoms with Crippen molar-refractivity contribution >= 4 is 55.9 Å². The SMILES string of the molecule is N#Cc1cc(-n2c3ccc(N(c4ccccc4)c4ccccc4)cc3c3cc(N(c4ccccc4)c4ccccc4)ccc32)ccc1-c1ccc(-c2cc(-c3ccccc3C#N)nc(-c3ccccc3C#N)n2)cc1. The van der Waals surface area contributed by atoms with Gasteiger partial charge in [-0.3, -0.25) is 0 Å². The zero-order chi connectivity index (χ0) is 50.7. The summed E-state index contributed by atoms with van der Waals surface area (Å²) < 4.78 is 2.26. The van der Waals surface area contributed by atoms with Crippen LogP contribution in [0.5, 0.6) is 0 Å². The van der Waals surface area contributed by atoms with E-state index in [0.29, 0.717) is 45.0 Å². The van der Waals surface area contributed by atoms with Crippen molar-refractivity contribution in [3.05, 3.63) is 271 Å². The standard InChI is InChI=1S/C67H42N8/c68-43-48-17-13-15-27-59(48)64-42-63(71-67(72-64)60-28-16-14-18-49(60)44-69)47-31-29-46(30-32-47)58-36-33-55(39-50(58)45-70)75-65-37-34-56(73(51-19-5-1-6-20-51)52-21-7-2-8-22-52)40-61(65)62-41-57(35-38-66(62)75)74(53-23-9-3-10-24-53)54-25-11-4-12-26-54/h1-42H. The van der Waals surface area contributed by atoms with Crippen molar-refractivity contribution in [2.24, 2.45) is 0 Å². The predicted octanol–water partition coefficient (Wildman–Crippen LogP) is 16.8. The maximum absolute atomic E-state index is 10.9. The van der Waals surface area contributed by atoms with Crippen molar-refractivity contribution in [1.82, 2.24) is 14.5 Å². The van der Waals surface area contributed by atoms with Crippen LogP contribution in [0.4, 0.5) is 34.1 Å². The van der Waals surface area contributed by atoms with Crippen LogP contribution in [-0.2, 0) is 0 Å². The number of anilines is 6. The van der Waals surface area contributed by atoms with E-state index in [0.717, 1.165) is 78.3 Å². The minimum atomic E-state index is 0.380. The number of hydrogen-bond acceptors (Lipinski definition) is 7. The maximum atomic E-state index is 10.9. The van der Waals surface area contributed by atoms with Gasteiger partial charge >= 0.3 is 0 Å². The van der Waals surface area contributed by atoms with Gasteiger partial charge in [0.15, 0.2) is 5.82 Å². The fraction of sp³-hybridized carbons (Fsp3) is 0. The van der Waals surface area contributed by atoms with Gasteiger partial charge in [0.1, 0.15) is 0 Å². The quantitative estimate of drug-likeness (QED) is 0.127. The lowest BCUT2D eigenvalue weighted by molar-refractivity contribution is 1.17. The summed E-state index contributed by atoms with van der Waals surface area (Å²) in [4.78, 5) is 14.4. The molecule has 12 rings (SSSR count). The summed E-state index contributed by atoms with van der Waals surface area (Å²) in [6, 6.07) is 92.6. The third-order valence-electron chi connectivity index (χ3n) is 13.5. The fourth-order valence-electron chi connectivity index (χ4n) is 10.0. The average Bonchev–Trinajstić information content (AvgIpc) is 3.86. The van der Waals surface area contributed by atoms with Crippen molar-refractivity contribution < 1.29 is 0 Å². The number of rotatable bonds is 11. The van der Waals surface area contributed by atoms with E-state index in [1.54, 1.807) is 12.1 Å². The third-order valence-corrected chi connectivity index (χ3v) is 13.5. The Bertz CT molecular complexity index is 3910. The lowest BCUT2D eigenvalue weighted by Crippen LogP contribution is -2.09. The summed E-state index contributed by atoms with van der Waals surface area (Å²) in [5, 5.41) is 33.1. The van der Waals surface area contributed by atoms with E-state index >= 15 is 0 Å². The fourth-order valence-corrected chi connectivity index (χ4v) is 10.0. The van der Waals surface area contributed by atoms with Gasteiger partial charge in [-0.15, -0.1) is 0 Å². The van der Waals surface area contributed by atoms with E-state index in [-0.39, 0.29) is 0 Å². The summed E-state index contributed by atoms with van der Waals surface area (Å²) in [7, 11) is 0. The van der Waals surface area contributed by atoms with E-state index < -0.39 is 0 Å². The maximum Gasteiger partial charge on any atom is 0.161 e. The number of benzene rings is 10. The Balaban J connectivity index is 0.982. The zero-order valence-electron chi connectivity index (χ0n) is 40.3. The summed E-state index contributed by atoms with van der Waals surface area (Å²) in [5.74, 6) is 0.380. The lowest BCUT2D eigenvalue weighted by atomic mass is 9.97. The number of para-hydroxylation sites is 4. The molecule has 0 saturated heterocycles. The Kier molecular flexibility index (Phi) is 11.9. The highest BCUT2D eigenvalue weighted by molar-refractivity contribution is 6.12. The van der Waals surface area contributed by atoms with Gasteiger partial charge in [-0.25, -0.2) is 9.97 Å². The number of nitriles is 3. The van der Waals surface area contributed by atoms with Crippen LogP contribution < -0.4 is 9.80 Å². The highest BCUT2D eigenvalue weighted by Gasteiger charge is 2.22. The monoisotopic (exact) mass is 958 g/mol. The Labute approximate surface area is 434 Å². The van der Waals surface area contributed by atoms with Gasteiger partial charge in [0.2, 0.25) is 0 Å². The van der Waals surface area contributed by atoms with Gasteiger partial charge in [-0.1, -0.05) is 133 Å². The molecule has 0 atom stereocenters. The van der Waals surface area contributed by atoms with Gasteiger partial charge in [-0.2, -0.15) is 15.8 Å². The molecule has 0 saturated carbocycles. The summed E-state index contributed by atoms with van der Waals surface area (Å²) in [5.41, 5.74) is 15.4. The van der Waals surface area contributed by atoms with Crippen LogP contribution in [0, 0.1) is 34.0 Å². The van der Waals surface area contributed by atoms with Crippen LogP contribution in [-0.4, -0.2) is 14.5 Å². The first kappa shape index (κ1) is 45.3. The van der Waals surface area contributed by atoms with Crippen molar-refractivity contribution in [3.8, 4) is 68.9 Å². The molecule has 8 heteroatoms. The molecule has 0 aliphatic rings. The van der Waals surface area contributed by atoms with Crippen molar-refractivity contribution in [2.45, 2.75) is 0 Å². The van der Waals surface area contributed by atoms with Crippen molar-refractivity contribution in [3.63, 3.8) is 0 Å². The topological polar surface area (TPSA) is 109 Å². The number of aromatic nitrogens is 3. The average molecular weight is 959 g/mol. The number of nitrogens with zero attached hydrogens (tertiary/aromatic N) is 8. The Morgan fingerprint density at radius 3 is 1.24 bits per heavy atom. The summed E-state index contributed by atoms with van der Waals surface area (Å²) in [6.45, 7) is 0. The van der Waals surface area contributed by atoms with Crippen LogP contribution in [0.2, 0.25) is 0 Å². The lowest BCUT2D eigenvalue weighted by Gasteiger charge is -2.26. The Morgan fingerprint density at radius 2 is 0.747 bits per heavy atom. The van der Waals surface area contributed by atoms with Crippen molar-refractivity contribution in [1.29, 1.82) is 15.8 Å². The second-order valence-electron chi connectivity index (χ2n) is 17.9. The highest BCUT2D eigenvalue weighted by atomic mass is 15.1. The number of fused-ring (bicyclic) bond motifs is 3. The molecule has 0 aliphatic heterocycles. The minimum Gasteiger partial charge on any atom is -0.310 e. The first-order valence-corrected chi connectivity index (χ1v) is 24.5. The molecule has 0 spiro atoms. The van der Waals surface area contributed by atoms with E-state index in [1.807, 2.05) is 103 Å². The zero-order valence-corrected chi connectivity index (χ0v) is 40.3. The van der Waals surface area contributed by atoms with Crippen LogP contribution >= 0.6 is 0 Å². The van der Waals surface area contributed by atoms with Gasteiger partial charge < -0.3 is 14.4 Å². The molecule has 0 fully saturated rings. The third kappa shape index (κ3) is 8.55. The first-order chi connectivity index (χ1) is 37.1. The molecular formula is C67H42N8. The molecule has 0 radical (unpaired) electrons. The molecule has 350 valence electrons. The van der Waals surface area contributed by atoms with Crippen molar-refractivity contribution in [2.75, 3.05) is 9.80 Å². The Hall–Kier alpha value is -10.9. The van der Waals surface area contributed by atoms with Crippen LogP contribution in [0.15, 0.2) is 255 Å². The molecule has 8 nitrogen and oxygen atoms in total. The molecule has 10 aromatic carbocycles. The van der Waals surface area contributed by atoms with Gasteiger partial charge in [0.05, 0.1) is 57.3 Å². The van der Waals surface area contributed by atoms with Gasteiger partial charge in [-0.05, 0) is 132 Å². The summed E-state index contributed by atoms with van der Waals surface area (Å²) in [6.07, 6.45) is 0. The molecule has 0 bridgehead atoms. The molecule has 0 aliphatic carbocycles. The molecule has 75 heavy (non-hydrogen) atoms. The number of hydrogen-bond donors (Lipinski definition) is 0. The molecule has 2 heterocycles. The van der Waals surface area contributed by atoms with E-state index in [2.05, 4.69) is 172 Å². The van der Waals surface area contributed by atoms with Crippen LogP contribution in [0.1, 0.15) is 16.7 Å². The van der Waals surface area contributed by atoms with Crippen LogP contribution in [0.3, 0.4) is 0 Å². The van der Waals surface area contributed by atoms with Gasteiger partial charge in [0.25, 0.3) is 0 Å². The smallest absolute Gasteiger partial charge is 0.161 e. The predicted molar refractivity (Wildman–Crippen MR) is 302 cm³/mol. The van der Waals surface area contributed by atoms with E-state index in [9.17, 15) is 15.8 Å². The highest BCUT2D eigenvalue weighted by Crippen LogP contribution is 2.43. The molecule has 2 aromatic heterocycles. The molecule has 0 unspecified atom stereocenters. The molecule has 12 aromatic rings. The Morgan fingerprint density at radius 1 is 0.320 bits per heavy atom. The normalized spacial score (nSPS) is 10.9. The summed E-state index contributed by atoms with van der Waals surface area (Å²) >= 11 is 0. The minimum absolute atomic E-state index is 0.380. The van der Waals surface area contributed by atoms with Crippen LogP contribution in [0.25, 0.3) is 72.5 Å².